The van der Waals surface area contributed by atoms with Crippen LogP contribution in [0.25, 0.3) is 0 Å². The van der Waals surface area contributed by atoms with Crippen LogP contribution in [0.15, 0.2) is 0 Å². The Hall–Kier alpha value is -0.160. The van der Waals surface area contributed by atoms with Crippen molar-refractivity contribution in [1.82, 2.24) is 10.6 Å². The lowest BCUT2D eigenvalue weighted by atomic mass is 10.1. The highest BCUT2D eigenvalue weighted by molar-refractivity contribution is 4.69. The fraction of sp³-hybridized carbons (Fsp3) is 1.00. The molecule has 2 atom stereocenters. The molecule has 4 nitrogen and oxygen atoms in total. The molecule has 0 saturated heterocycles. The highest BCUT2D eigenvalue weighted by Gasteiger charge is 2.06. The van der Waals surface area contributed by atoms with Crippen molar-refractivity contribution < 1.29 is 0 Å². The third kappa shape index (κ3) is 8.18. The molecule has 0 radical (unpaired) electrons. The van der Waals surface area contributed by atoms with Gasteiger partial charge >= 0.3 is 0 Å². The molecule has 0 aliphatic rings. The summed E-state index contributed by atoms with van der Waals surface area (Å²) < 4.78 is 0. The van der Waals surface area contributed by atoms with E-state index in [2.05, 4.69) is 24.5 Å². The third-order valence-electron chi connectivity index (χ3n) is 1.98. The zero-order chi connectivity index (χ0) is 10.1. The molecular weight excluding hydrogens is 164 g/mol. The summed E-state index contributed by atoms with van der Waals surface area (Å²) in [6.45, 7) is 7.55. The Bertz CT molecular complexity index is 95.8. The Morgan fingerprint density at radius 1 is 0.923 bits per heavy atom. The highest BCUT2D eigenvalue weighted by atomic mass is 15.0. The zero-order valence-corrected chi connectivity index (χ0v) is 8.84. The summed E-state index contributed by atoms with van der Waals surface area (Å²) in [5, 5.41) is 6.69. The van der Waals surface area contributed by atoms with E-state index in [0.717, 1.165) is 19.5 Å². The van der Waals surface area contributed by atoms with E-state index >= 15 is 0 Å². The molecule has 0 aliphatic heterocycles. The van der Waals surface area contributed by atoms with Gasteiger partial charge in [-0.2, -0.15) is 0 Å². The van der Waals surface area contributed by atoms with Crippen molar-refractivity contribution in [3.63, 3.8) is 0 Å². The number of rotatable bonds is 8. The van der Waals surface area contributed by atoms with Crippen molar-refractivity contribution in [1.29, 1.82) is 0 Å². The van der Waals surface area contributed by atoms with Gasteiger partial charge in [0.15, 0.2) is 0 Å². The van der Waals surface area contributed by atoms with Gasteiger partial charge in [0.1, 0.15) is 0 Å². The normalized spacial score (nSPS) is 15.7. The molecule has 0 aromatic heterocycles. The number of hydrogen-bond donors (Lipinski definition) is 4. The smallest absolute Gasteiger partial charge is 0.00769 e. The molecule has 0 fully saturated rings. The summed E-state index contributed by atoms with van der Waals surface area (Å²) in [4.78, 5) is 0. The topological polar surface area (TPSA) is 76.1 Å². The van der Waals surface area contributed by atoms with Crippen molar-refractivity contribution in [3.05, 3.63) is 0 Å². The van der Waals surface area contributed by atoms with E-state index in [1.807, 2.05) is 0 Å². The van der Waals surface area contributed by atoms with Crippen molar-refractivity contribution >= 4 is 0 Å². The van der Waals surface area contributed by atoms with Crippen LogP contribution >= 0.6 is 0 Å². The van der Waals surface area contributed by atoms with Crippen molar-refractivity contribution in [3.8, 4) is 0 Å². The second kappa shape index (κ2) is 8.44. The highest BCUT2D eigenvalue weighted by Crippen LogP contribution is 1.95. The lowest BCUT2D eigenvalue weighted by Crippen LogP contribution is -2.38. The Morgan fingerprint density at radius 2 is 1.31 bits per heavy atom. The molecule has 6 N–H and O–H groups in total. The van der Waals surface area contributed by atoms with Gasteiger partial charge in [0.25, 0.3) is 0 Å². The van der Waals surface area contributed by atoms with Gasteiger partial charge in [-0.1, -0.05) is 0 Å². The molecule has 0 aliphatic carbocycles. The Kier molecular flexibility index (Phi) is 8.33. The van der Waals surface area contributed by atoms with Gasteiger partial charge in [-0.3, -0.25) is 0 Å². The van der Waals surface area contributed by atoms with Gasteiger partial charge in [0, 0.05) is 38.3 Å². The lowest BCUT2D eigenvalue weighted by Gasteiger charge is -2.19. The van der Waals surface area contributed by atoms with E-state index in [4.69, 9.17) is 11.5 Å². The molecule has 0 rings (SSSR count). The first kappa shape index (κ1) is 12.8. The second-order valence-electron chi connectivity index (χ2n) is 3.52. The minimum Gasteiger partial charge on any atom is -0.329 e. The molecular formula is C9H24N4. The number of hydrogen-bond acceptors (Lipinski definition) is 4. The van der Waals surface area contributed by atoms with Crippen LogP contribution in [0.4, 0.5) is 0 Å². The summed E-state index contributed by atoms with van der Waals surface area (Å²) in [5.41, 5.74) is 10.8. The zero-order valence-electron chi connectivity index (χ0n) is 8.84. The molecule has 0 heterocycles. The fourth-order valence-electron chi connectivity index (χ4n) is 1.36. The van der Waals surface area contributed by atoms with Gasteiger partial charge in [0.2, 0.25) is 0 Å². The summed E-state index contributed by atoms with van der Waals surface area (Å²) >= 11 is 0. The van der Waals surface area contributed by atoms with Crippen molar-refractivity contribution in [2.75, 3.05) is 26.2 Å². The molecule has 13 heavy (non-hydrogen) atoms. The molecule has 0 aromatic rings. The van der Waals surface area contributed by atoms with Gasteiger partial charge in [-0.25, -0.2) is 0 Å². The van der Waals surface area contributed by atoms with Crippen LogP contribution in [0.5, 0.6) is 0 Å². The quantitative estimate of drug-likeness (QED) is 0.404. The van der Waals surface area contributed by atoms with Crippen LogP contribution < -0.4 is 22.1 Å². The van der Waals surface area contributed by atoms with Crippen LogP contribution in [0.3, 0.4) is 0 Å². The summed E-state index contributed by atoms with van der Waals surface area (Å²) in [6, 6.07) is 1.03. The maximum absolute atomic E-state index is 5.39. The van der Waals surface area contributed by atoms with Crippen LogP contribution in [-0.4, -0.2) is 38.3 Å². The van der Waals surface area contributed by atoms with E-state index < -0.39 is 0 Å². The first-order valence-electron chi connectivity index (χ1n) is 5.07. The number of nitrogens with two attached hydrogens (primary N) is 2. The van der Waals surface area contributed by atoms with Crippen LogP contribution in [0, 0.1) is 0 Å². The summed E-state index contributed by atoms with van der Waals surface area (Å²) in [7, 11) is 0. The Morgan fingerprint density at radius 3 is 1.62 bits per heavy atom. The number of nitrogens with one attached hydrogen (secondary N) is 2. The third-order valence-corrected chi connectivity index (χ3v) is 1.98. The van der Waals surface area contributed by atoms with Crippen molar-refractivity contribution in [2.45, 2.75) is 32.4 Å². The van der Waals surface area contributed by atoms with Gasteiger partial charge in [0.05, 0.1) is 0 Å². The SMILES string of the molecule is CC(CC(C)NCCN)NCCN. The lowest BCUT2D eigenvalue weighted by molar-refractivity contribution is 0.432. The van der Waals surface area contributed by atoms with E-state index in [1.165, 1.54) is 0 Å². The predicted molar refractivity (Wildman–Crippen MR) is 57.7 cm³/mol. The Balaban J connectivity index is 3.35. The van der Waals surface area contributed by atoms with E-state index in [0.29, 0.717) is 25.2 Å². The molecule has 0 amide bonds. The molecule has 0 saturated carbocycles. The van der Waals surface area contributed by atoms with Gasteiger partial charge in [-0.05, 0) is 20.3 Å². The first-order chi connectivity index (χ1) is 6.20. The van der Waals surface area contributed by atoms with Crippen LogP contribution in [0.2, 0.25) is 0 Å². The monoisotopic (exact) mass is 188 g/mol. The summed E-state index contributed by atoms with van der Waals surface area (Å²) in [6.07, 6.45) is 1.11. The maximum atomic E-state index is 5.39. The minimum absolute atomic E-state index is 0.517. The van der Waals surface area contributed by atoms with Crippen LogP contribution in [0.1, 0.15) is 20.3 Å². The molecule has 0 bridgehead atoms. The standard InChI is InChI=1S/C9H24N4/c1-8(12-5-3-10)7-9(2)13-6-4-11/h8-9,12-13H,3-7,10-11H2,1-2H3. The molecule has 80 valence electrons. The van der Waals surface area contributed by atoms with E-state index in [1.54, 1.807) is 0 Å². The molecule has 0 aromatic carbocycles. The maximum Gasteiger partial charge on any atom is 0.00769 e. The Labute approximate surface area is 81.4 Å². The second-order valence-corrected chi connectivity index (χ2v) is 3.52. The van der Waals surface area contributed by atoms with Gasteiger partial charge < -0.3 is 22.1 Å². The van der Waals surface area contributed by atoms with Crippen molar-refractivity contribution in [2.24, 2.45) is 11.5 Å². The molecule has 2 unspecified atom stereocenters. The molecule has 0 spiro atoms. The minimum atomic E-state index is 0.517. The van der Waals surface area contributed by atoms with Gasteiger partial charge in [-0.15, -0.1) is 0 Å². The molecule has 4 heteroatoms. The average molecular weight is 188 g/mol. The average Bonchev–Trinajstić information content (AvgIpc) is 2.11. The van der Waals surface area contributed by atoms with E-state index in [9.17, 15) is 0 Å². The predicted octanol–water partition coefficient (Wildman–Crippen LogP) is -0.750. The van der Waals surface area contributed by atoms with Crippen LogP contribution in [-0.2, 0) is 0 Å². The first-order valence-corrected chi connectivity index (χ1v) is 5.07. The largest absolute Gasteiger partial charge is 0.329 e. The summed E-state index contributed by atoms with van der Waals surface area (Å²) in [5.74, 6) is 0. The van der Waals surface area contributed by atoms with E-state index in [-0.39, 0.29) is 0 Å². The fourth-order valence-corrected chi connectivity index (χ4v) is 1.36.